The third kappa shape index (κ3) is 19.6. The number of ether oxygens (including phenoxy) is 2. The lowest BCUT2D eigenvalue weighted by atomic mass is 9.80. The van der Waals surface area contributed by atoms with Gasteiger partial charge in [-0.1, -0.05) is 78.3 Å². The van der Waals surface area contributed by atoms with E-state index in [9.17, 15) is 33.6 Å². The Kier molecular flexibility index (Phi) is 26.2. The largest absolute Gasteiger partial charge is 0.494 e. The van der Waals surface area contributed by atoms with Crippen molar-refractivity contribution in [3.8, 4) is 5.75 Å². The molecule has 1 aromatic heterocycles. The first-order valence-electron chi connectivity index (χ1n) is 27.6. The zero-order valence-electron chi connectivity index (χ0n) is 48.2. The van der Waals surface area contributed by atoms with Crippen LogP contribution in [0.1, 0.15) is 166 Å². The number of amides is 4. The predicted octanol–water partition coefficient (Wildman–Crippen LogP) is 10.2. The number of thiazole rings is 1. The first-order chi connectivity index (χ1) is 36.5. The molecular weight excluding hydrogens is 1010 g/mol. The summed E-state index contributed by atoms with van der Waals surface area (Å²) in [4.78, 5) is 103. The Morgan fingerprint density at radius 1 is 0.961 bits per heavy atom. The number of Topliss-reactive ketones (excluding diaryl/α,β-unsaturated/α-hetero) is 2. The van der Waals surface area contributed by atoms with Crippen molar-refractivity contribution in [2.75, 3.05) is 46.6 Å². The zero-order chi connectivity index (χ0) is 57.0. The van der Waals surface area contributed by atoms with Gasteiger partial charge in [0.15, 0.2) is 17.7 Å². The fourth-order valence-electron chi connectivity index (χ4n) is 9.99. The first kappa shape index (κ1) is 64.3. The van der Waals surface area contributed by atoms with Crippen LogP contribution in [0.15, 0.2) is 65.0 Å². The van der Waals surface area contributed by atoms with Crippen molar-refractivity contribution in [3.63, 3.8) is 0 Å². The minimum atomic E-state index is -0.739. The fraction of sp³-hybridized carbons (Fsp3) is 0.617. The van der Waals surface area contributed by atoms with Gasteiger partial charge in [-0.2, -0.15) is 11.8 Å². The maximum Gasteiger partial charge on any atom is 0.303 e. The zero-order valence-corrected chi connectivity index (χ0v) is 49.9. The number of unbranched alkanes of at least 4 members (excludes halogenated alkanes) is 2. The minimum absolute atomic E-state index is 0.0210. The summed E-state index contributed by atoms with van der Waals surface area (Å²) < 4.78 is 11.6. The number of carbonyl (C=O) groups excluding carboxylic acids is 7. The van der Waals surface area contributed by atoms with Crippen LogP contribution >= 0.6 is 23.1 Å². The molecule has 15 nitrogen and oxygen atoms in total. The quantitative estimate of drug-likeness (QED) is 0.0301. The van der Waals surface area contributed by atoms with E-state index in [1.807, 2.05) is 90.4 Å². The average Bonchev–Trinajstić information content (AvgIpc) is 4.10. The number of thioether (sulfide) groups is 1. The average molecular weight is 1100 g/mol. The number of hydrogen-bond donors (Lipinski definition) is 1. The number of aliphatic imine (C=N–C) groups is 1. The van der Waals surface area contributed by atoms with Crippen LogP contribution in [0.2, 0.25) is 0 Å². The van der Waals surface area contributed by atoms with Crippen LogP contribution in [0.3, 0.4) is 0 Å². The second-order valence-corrected chi connectivity index (χ2v) is 23.9. The first-order valence-corrected chi connectivity index (χ1v) is 29.7. The number of likely N-dealkylation sites (tertiary alicyclic amines) is 2. The summed E-state index contributed by atoms with van der Waals surface area (Å²) in [6.07, 6.45) is 8.63. The molecule has 1 N–H and O–H groups in total. The molecule has 77 heavy (non-hydrogen) atoms. The molecule has 0 bridgehead atoms. The van der Waals surface area contributed by atoms with Crippen LogP contribution in [-0.2, 0) is 39.9 Å². The van der Waals surface area contributed by atoms with E-state index in [0.29, 0.717) is 43.3 Å². The summed E-state index contributed by atoms with van der Waals surface area (Å²) in [6.45, 7) is 21.4. The maximum absolute atomic E-state index is 14.3. The van der Waals surface area contributed by atoms with Gasteiger partial charge in [-0.25, -0.2) is 4.98 Å². The highest BCUT2D eigenvalue weighted by molar-refractivity contribution is 8.00. The molecule has 0 aliphatic carbocycles. The summed E-state index contributed by atoms with van der Waals surface area (Å²) in [7, 11) is 3.78. The summed E-state index contributed by atoms with van der Waals surface area (Å²) in [6, 6.07) is 17.4. The third-order valence-corrected chi connectivity index (χ3v) is 16.9. The molecular formula is C60H88N6O9S2. The predicted molar refractivity (Wildman–Crippen MR) is 309 cm³/mol. The van der Waals surface area contributed by atoms with Crippen molar-refractivity contribution in [2.24, 2.45) is 28.7 Å². The van der Waals surface area contributed by atoms with E-state index >= 15 is 0 Å². The number of benzene rings is 2. The number of aromatic nitrogens is 1. The Bertz CT molecular complexity index is 2450. The Labute approximate surface area is 467 Å². The van der Waals surface area contributed by atoms with Gasteiger partial charge in [-0.15, -0.1) is 11.3 Å². The topological polar surface area (TPSA) is 185 Å². The smallest absolute Gasteiger partial charge is 0.303 e. The van der Waals surface area contributed by atoms with E-state index in [-0.39, 0.29) is 83.0 Å². The normalized spacial score (nSPS) is 18.8. The Balaban J connectivity index is 0.000000386. The van der Waals surface area contributed by atoms with Gasteiger partial charge in [0.1, 0.15) is 16.5 Å². The highest BCUT2D eigenvalue weighted by Gasteiger charge is 2.44. The van der Waals surface area contributed by atoms with E-state index in [2.05, 4.69) is 53.1 Å². The molecule has 2 fully saturated rings. The molecule has 2 aliphatic heterocycles. The van der Waals surface area contributed by atoms with Gasteiger partial charge >= 0.3 is 5.97 Å². The standard InChI is InChI=1S/C39H60N4O5S.C21H28N2O4S/c1-11-27(6)31(22-35(45)39(8)18-15-19-42(39)9)38(47)43(10)33(26(4)5)23-34(48-28(7)44)37-41-32(24-49-37)36(46)40-30(20-25(2)3)21-29-16-13-12-14-17-29;1-15(24)14-22-16(2)17-7-9-18(10-8-17)27-12-6-4-5-11-23-20(25)13-19(28-3)21(23)26/h12-14,16-17,24-27,30-31,33-34H,11,15,18-23H2,1-10H3,(H,40,46);7-10,19H,4-6,11-14H2,1-3H3/t27-,30+,31-,33+,34+,39+;/m0./s1. The number of nitrogens with one attached hydrogen (secondary N) is 1. The molecule has 3 aromatic rings. The third-order valence-electron chi connectivity index (χ3n) is 15.1. The molecule has 0 saturated carbocycles. The van der Waals surface area contributed by atoms with Crippen molar-refractivity contribution in [1.29, 1.82) is 0 Å². The van der Waals surface area contributed by atoms with Gasteiger partial charge in [-0.3, -0.25) is 48.4 Å². The van der Waals surface area contributed by atoms with E-state index in [0.717, 1.165) is 74.1 Å². The number of carbonyl (C=O) groups is 7. The molecule has 2 saturated heterocycles. The van der Waals surface area contributed by atoms with E-state index in [1.165, 1.54) is 41.8 Å². The molecule has 3 heterocycles. The number of esters is 1. The molecule has 1 unspecified atom stereocenters. The highest BCUT2D eigenvalue weighted by Crippen LogP contribution is 2.35. The molecule has 5 rings (SSSR count). The molecule has 4 amide bonds. The molecule has 0 radical (unpaired) electrons. The van der Waals surface area contributed by atoms with Gasteiger partial charge in [0.2, 0.25) is 17.7 Å². The summed E-state index contributed by atoms with van der Waals surface area (Å²) in [5.74, 6) is 0.0475. The van der Waals surface area contributed by atoms with E-state index < -0.39 is 23.5 Å². The summed E-state index contributed by atoms with van der Waals surface area (Å²) >= 11 is 2.73. The lowest BCUT2D eigenvalue weighted by molar-refractivity contribution is -0.150. The van der Waals surface area contributed by atoms with Crippen LogP contribution in [0, 0.1) is 23.7 Å². The summed E-state index contributed by atoms with van der Waals surface area (Å²) in [5, 5.41) is 5.21. The van der Waals surface area contributed by atoms with Crippen molar-refractivity contribution in [2.45, 2.75) is 169 Å². The van der Waals surface area contributed by atoms with Gasteiger partial charge in [-0.05, 0) is 139 Å². The van der Waals surface area contributed by atoms with Crippen molar-refractivity contribution in [1.82, 2.24) is 25.0 Å². The second kappa shape index (κ2) is 31.4. The van der Waals surface area contributed by atoms with Crippen molar-refractivity contribution >= 4 is 70.0 Å². The van der Waals surface area contributed by atoms with Gasteiger partial charge in [0.05, 0.1) is 23.9 Å². The van der Waals surface area contributed by atoms with Crippen LogP contribution in [0.4, 0.5) is 0 Å². The minimum Gasteiger partial charge on any atom is -0.494 e. The highest BCUT2D eigenvalue weighted by atomic mass is 32.2. The van der Waals surface area contributed by atoms with E-state index in [4.69, 9.17) is 9.47 Å². The Hall–Kier alpha value is -5.26. The molecule has 2 aliphatic rings. The SMILES string of the molecule is CC[C@H](C)[C@H](CC(=O)[C@@]1(C)CCCN1C)C(=O)N(C)[C@H](C[C@@H](OC(C)=O)c1nc(C(=O)N[C@@H](Cc2ccccc2)CC(C)C)cs1)C(C)C.CSC1CC(=O)N(CCCCCOc2ccc(C(C)=NCC(C)=O)cc2)C1=O. The molecule has 7 atom stereocenters. The number of hydrogen-bond acceptors (Lipinski definition) is 14. The van der Waals surface area contributed by atoms with Gasteiger partial charge < -0.3 is 19.7 Å². The number of likely N-dealkylation sites (N-methyl/N-ethyl adjacent to an activating group) is 1. The Morgan fingerprint density at radius 3 is 2.22 bits per heavy atom. The lowest BCUT2D eigenvalue weighted by Gasteiger charge is -2.38. The number of imide groups is 1. The second-order valence-electron chi connectivity index (χ2n) is 21.9. The molecule has 17 heteroatoms. The van der Waals surface area contributed by atoms with Crippen LogP contribution in [0.25, 0.3) is 0 Å². The molecule has 424 valence electrons. The molecule has 0 spiro atoms. The van der Waals surface area contributed by atoms with Crippen LogP contribution < -0.4 is 10.1 Å². The Morgan fingerprint density at radius 2 is 1.65 bits per heavy atom. The van der Waals surface area contributed by atoms with Crippen molar-refractivity contribution in [3.05, 3.63) is 81.8 Å². The number of ketones is 2. The monoisotopic (exact) mass is 1100 g/mol. The summed E-state index contributed by atoms with van der Waals surface area (Å²) in [5.41, 5.74) is 2.69. The van der Waals surface area contributed by atoms with Crippen LogP contribution in [-0.4, -0.2) is 136 Å². The van der Waals surface area contributed by atoms with Gasteiger partial charge in [0.25, 0.3) is 5.91 Å². The lowest BCUT2D eigenvalue weighted by Crippen LogP contribution is -2.50. The fourth-order valence-corrected chi connectivity index (χ4v) is 11.5. The van der Waals surface area contributed by atoms with E-state index in [1.54, 1.807) is 17.3 Å². The maximum atomic E-state index is 14.3. The van der Waals surface area contributed by atoms with Gasteiger partial charge in [0, 0.05) is 68.9 Å². The number of nitrogens with zero attached hydrogens (tertiary/aromatic N) is 5. The van der Waals surface area contributed by atoms with Crippen molar-refractivity contribution < 1.29 is 43.0 Å². The molecule has 2 aromatic carbocycles. The van der Waals surface area contributed by atoms with Crippen LogP contribution in [0.5, 0.6) is 5.75 Å². The number of rotatable bonds is 29.